The molecule has 0 heteroatoms. The SMILES string of the molecule is C/C=C/C1CCC(/C=C/C2CCCC(CC)C2)C(CC)C1. The van der Waals surface area contributed by atoms with E-state index in [4.69, 9.17) is 0 Å². The maximum Gasteiger partial charge on any atom is -0.0205 e. The molecule has 120 valence electrons. The van der Waals surface area contributed by atoms with E-state index in [1.54, 1.807) is 0 Å². The van der Waals surface area contributed by atoms with Crippen molar-refractivity contribution in [2.75, 3.05) is 0 Å². The summed E-state index contributed by atoms with van der Waals surface area (Å²) < 4.78 is 0. The topological polar surface area (TPSA) is 0 Å². The molecule has 21 heavy (non-hydrogen) atoms. The van der Waals surface area contributed by atoms with Gasteiger partial charge in [0, 0.05) is 0 Å². The summed E-state index contributed by atoms with van der Waals surface area (Å²) in [6.45, 7) is 6.92. The summed E-state index contributed by atoms with van der Waals surface area (Å²) in [5, 5.41) is 0. The Bertz CT molecular complexity index is 338. The highest BCUT2D eigenvalue weighted by Gasteiger charge is 2.27. The van der Waals surface area contributed by atoms with Crippen molar-refractivity contribution in [1.29, 1.82) is 0 Å². The lowest BCUT2D eigenvalue weighted by Crippen LogP contribution is -2.22. The van der Waals surface area contributed by atoms with Gasteiger partial charge < -0.3 is 0 Å². The molecule has 2 rings (SSSR count). The second kappa shape index (κ2) is 8.81. The Morgan fingerprint density at radius 2 is 1.62 bits per heavy atom. The Labute approximate surface area is 133 Å². The molecule has 0 heterocycles. The van der Waals surface area contributed by atoms with Gasteiger partial charge in [-0.1, -0.05) is 63.8 Å². The number of hydrogen-bond donors (Lipinski definition) is 0. The quantitative estimate of drug-likeness (QED) is 0.489. The van der Waals surface area contributed by atoms with Gasteiger partial charge in [0.25, 0.3) is 0 Å². The number of rotatable bonds is 5. The van der Waals surface area contributed by atoms with Crippen molar-refractivity contribution < 1.29 is 0 Å². The average Bonchev–Trinajstić information content (AvgIpc) is 2.54. The smallest absolute Gasteiger partial charge is 0.0205 e. The van der Waals surface area contributed by atoms with Gasteiger partial charge in [0.1, 0.15) is 0 Å². The Morgan fingerprint density at radius 1 is 0.810 bits per heavy atom. The molecule has 2 fully saturated rings. The third-order valence-electron chi connectivity index (χ3n) is 6.10. The van der Waals surface area contributed by atoms with E-state index in [-0.39, 0.29) is 0 Å². The summed E-state index contributed by atoms with van der Waals surface area (Å²) >= 11 is 0. The lowest BCUT2D eigenvalue weighted by Gasteiger charge is -2.34. The molecule has 0 amide bonds. The van der Waals surface area contributed by atoms with E-state index >= 15 is 0 Å². The minimum Gasteiger partial charge on any atom is -0.0914 e. The predicted molar refractivity (Wildman–Crippen MR) is 94.3 cm³/mol. The molecule has 0 spiro atoms. The van der Waals surface area contributed by atoms with Gasteiger partial charge >= 0.3 is 0 Å². The van der Waals surface area contributed by atoms with E-state index < -0.39 is 0 Å². The lowest BCUT2D eigenvalue weighted by atomic mass is 9.72. The highest BCUT2D eigenvalue weighted by atomic mass is 14.3. The fourth-order valence-electron chi connectivity index (χ4n) is 4.67. The van der Waals surface area contributed by atoms with Crippen LogP contribution in [0.25, 0.3) is 0 Å². The standard InChI is InChI=1S/C21H36/c1-4-8-18-11-13-21(20(6-3)16-18)14-12-19-10-7-9-17(5-2)15-19/h4,8,12,14,17-21H,5-7,9-11,13,15-16H2,1-3H3/b8-4+,14-12+. The van der Waals surface area contributed by atoms with E-state index in [0.29, 0.717) is 0 Å². The largest absolute Gasteiger partial charge is 0.0914 e. The molecule has 5 unspecified atom stereocenters. The molecule has 0 aliphatic heterocycles. The van der Waals surface area contributed by atoms with Crippen LogP contribution in [0.1, 0.15) is 78.6 Å². The first-order valence-corrected chi connectivity index (χ1v) is 9.57. The first-order valence-electron chi connectivity index (χ1n) is 9.57. The zero-order valence-electron chi connectivity index (χ0n) is 14.6. The Kier molecular flexibility index (Phi) is 7.07. The van der Waals surface area contributed by atoms with Crippen molar-refractivity contribution >= 4 is 0 Å². The third-order valence-corrected chi connectivity index (χ3v) is 6.10. The van der Waals surface area contributed by atoms with Crippen LogP contribution in [0.2, 0.25) is 0 Å². The summed E-state index contributed by atoms with van der Waals surface area (Å²) in [4.78, 5) is 0. The molecule has 2 saturated carbocycles. The Hall–Kier alpha value is -0.520. The molecule has 2 aliphatic carbocycles. The van der Waals surface area contributed by atoms with Gasteiger partial charge in [-0.25, -0.2) is 0 Å². The summed E-state index contributed by atoms with van der Waals surface area (Å²) in [7, 11) is 0. The molecular weight excluding hydrogens is 252 g/mol. The van der Waals surface area contributed by atoms with Crippen molar-refractivity contribution in [3.63, 3.8) is 0 Å². The number of allylic oxidation sites excluding steroid dienone is 4. The van der Waals surface area contributed by atoms with Crippen molar-refractivity contribution in [2.45, 2.75) is 78.6 Å². The van der Waals surface area contributed by atoms with Crippen LogP contribution < -0.4 is 0 Å². The van der Waals surface area contributed by atoms with Gasteiger partial charge in [-0.2, -0.15) is 0 Å². The lowest BCUT2D eigenvalue weighted by molar-refractivity contribution is 0.233. The zero-order chi connectivity index (χ0) is 15.1. The zero-order valence-corrected chi connectivity index (χ0v) is 14.6. The van der Waals surface area contributed by atoms with Crippen LogP contribution in [0.15, 0.2) is 24.3 Å². The van der Waals surface area contributed by atoms with Crippen LogP contribution >= 0.6 is 0 Å². The van der Waals surface area contributed by atoms with Crippen LogP contribution in [0, 0.1) is 29.6 Å². The highest BCUT2D eigenvalue weighted by molar-refractivity contribution is 5.01. The molecule has 2 aliphatic rings. The normalized spacial score (nSPS) is 38.3. The van der Waals surface area contributed by atoms with E-state index in [9.17, 15) is 0 Å². The van der Waals surface area contributed by atoms with Gasteiger partial charge in [0.2, 0.25) is 0 Å². The van der Waals surface area contributed by atoms with E-state index in [0.717, 1.165) is 29.6 Å². The monoisotopic (exact) mass is 288 g/mol. The van der Waals surface area contributed by atoms with Crippen LogP contribution in [-0.2, 0) is 0 Å². The fraction of sp³-hybridized carbons (Fsp3) is 0.810. The molecule has 0 nitrogen and oxygen atoms in total. The van der Waals surface area contributed by atoms with Crippen molar-refractivity contribution in [3.8, 4) is 0 Å². The summed E-state index contributed by atoms with van der Waals surface area (Å²) in [6, 6.07) is 0. The highest BCUT2D eigenvalue weighted by Crippen LogP contribution is 2.38. The minimum absolute atomic E-state index is 0.851. The molecular formula is C21H36. The molecule has 0 aromatic carbocycles. The van der Waals surface area contributed by atoms with Gasteiger partial charge in [0.05, 0.1) is 0 Å². The van der Waals surface area contributed by atoms with Gasteiger partial charge in [-0.15, -0.1) is 0 Å². The van der Waals surface area contributed by atoms with E-state index in [2.05, 4.69) is 45.1 Å². The molecule has 0 saturated heterocycles. The average molecular weight is 289 g/mol. The maximum absolute atomic E-state index is 2.63. The fourth-order valence-corrected chi connectivity index (χ4v) is 4.67. The Morgan fingerprint density at radius 3 is 2.33 bits per heavy atom. The van der Waals surface area contributed by atoms with E-state index in [1.807, 2.05) is 0 Å². The van der Waals surface area contributed by atoms with Gasteiger partial charge in [-0.3, -0.25) is 0 Å². The van der Waals surface area contributed by atoms with Gasteiger partial charge in [-0.05, 0) is 68.6 Å². The van der Waals surface area contributed by atoms with Crippen LogP contribution in [0.4, 0.5) is 0 Å². The predicted octanol–water partition coefficient (Wildman–Crippen LogP) is 6.78. The molecule has 0 bridgehead atoms. The van der Waals surface area contributed by atoms with Crippen molar-refractivity contribution in [2.24, 2.45) is 29.6 Å². The maximum atomic E-state index is 2.63. The summed E-state index contributed by atoms with van der Waals surface area (Å²) in [5.74, 6) is 4.51. The van der Waals surface area contributed by atoms with Crippen molar-refractivity contribution in [3.05, 3.63) is 24.3 Å². The summed E-state index contributed by atoms with van der Waals surface area (Å²) in [6.07, 6.45) is 22.7. The minimum atomic E-state index is 0.851. The number of hydrogen-bond acceptors (Lipinski definition) is 0. The molecule has 0 N–H and O–H groups in total. The second-order valence-corrected chi connectivity index (χ2v) is 7.52. The van der Waals surface area contributed by atoms with E-state index in [1.165, 1.54) is 57.8 Å². The molecule has 0 aromatic rings. The van der Waals surface area contributed by atoms with Crippen LogP contribution in [-0.4, -0.2) is 0 Å². The first-order chi connectivity index (χ1) is 10.3. The first kappa shape index (κ1) is 16.8. The van der Waals surface area contributed by atoms with Crippen LogP contribution in [0.3, 0.4) is 0 Å². The second-order valence-electron chi connectivity index (χ2n) is 7.52. The molecule has 0 radical (unpaired) electrons. The molecule has 0 aromatic heterocycles. The van der Waals surface area contributed by atoms with Crippen LogP contribution in [0.5, 0.6) is 0 Å². The Balaban J connectivity index is 1.87. The van der Waals surface area contributed by atoms with Gasteiger partial charge in [0.15, 0.2) is 0 Å². The molecule has 5 atom stereocenters. The summed E-state index contributed by atoms with van der Waals surface area (Å²) in [5.41, 5.74) is 0. The van der Waals surface area contributed by atoms with Crippen molar-refractivity contribution in [1.82, 2.24) is 0 Å². The third kappa shape index (κ3) is 5.01.